The summed E-state index contributed by atoms with van der Waals surface area (Å²) >= 11 is 0. The molecular weight excluding hydrogens is 354 g/mol. The number of nitrogens with zero attached hydrogens (tertiary/aromatic N) is 4. The van der Waals surface area contributed by atoms with E-state index < -0.39 is 17.0 Å². The fraction of sp³-hybridized carbons (Fsp3) is 0.368. The number of ether oxygens (including phenoxy) is 1. The van der Waals surface area contributed by atoms with Crippen LogP contribution in [0, 0.1) is 17.6 Å². The van der Waals surface area contributed by atoms with Gasteiger partial charge in [0.25, 0.3) is 0 Å². The smallest absolute Gasteiger partial charge is 0.414 e. The Labute approximate surface area is 153 Å². The highest BCUT2D eigenvalue weighted by Gasteiger charge is 2.60. The van der Waals surface area contributed by atoms with Gasteiger partial charge in [0.2, 0.25) is 5.89 Å². The van der Waals surface area contributed by atoms with Crippen molar-refractivity contribution in [1.82, 2.24) is 20.4 Å². The van der Waals surface area contributed by atoms with Crippen LogP contribution in [-0.2, 0) is 5.41 Å². The van der Waals surface area contributed by atoms with Crippen LogP contribution in [-0.4, -0.2) is 27.5 Å². The van der Waals surface area contributed by atoms with Crippen LogP contribution in [0.1, 0.15) is 42.8 Å². The molecule has 0 amide bonds. The second kappa shape index (κ2) is 5.55. The molecule has 2 heterocycles. The van der Waals surface area contributed by atoms with Gasteiger partial charge in [0, 0.05) is 0 Å². The Balaban J connectivity index is 1.67. The lowest BCUT2D eigenvalue weighted by molar-refractivity contribution is 0.247. The van der Waals surface area contributed by atoms with Gasteiger partial charge in [0.1, 0.15) is 11.6 Å². The summed E-state index contributed by atoms with van der Waals surface area (Å²) in [5.41, 5.74) is 1.19. The van der Waals surface area contributed by atoms with Gasteiger partial charge in [-0.1, -0.05) is 18.1 Å². The van der Waals surface area contributed by atoms with Gasteiger partial charge in [-0.25, -0.2) is 8.78 Å². The van der Waals surface area contributed by atoms with Crippen molar-refractivity contribution >= 4 is 0 Å². The number of benzene rings is 1. The van der Waals surface area contributed by atoms with Crippen molar-refractivity contribution in [3.63, 3.8) is 0 Å². The molecule has 0 aliphatic heterocycles. The number of fused-ring (bicyclic) bond motifs is 5. The highest BCUT2D eigenvalue weighted by atomic mass is 19.1. The second-order valence-electron chi connectivity index (χ2n) is 7.11. The minimum Gasteiger partial charge on any atom is -0.452 e. The van der Waals surface area contributed by atoms with E-state index in [4.69, 9.17) is 9.15 Å². The summed E-state index contributed by atoms with van der Waals surface area (Å²) in [7, 11) is 1.47. The first-order chi connectivity index (χ1) is 13.1. The molecule has 0 saturated heterocycles. The molecule has 0 spiro atoms. The van der Waals surface area contributed by atoms with Crippen LogP contribution >= 0.6 is 0 Å². The lowest BCUT2D eigenvalue weighted by Gasteiger charge is -2.25. The summed E-state index contributed by atoms with van der Waals surface area (Å²) in [4.78, 5) is 0. The maximum absolute atomic E-state index is 14.2. The third-order valence-corrected chi connectivity index (χ3v) is 6.06. The summed E-state index contributed by atoms with van der Waals surface area (Å²) in [5, 5.41) is 16.6. The summed E-state index contributed by atoms with van der Waals surface area (Å²) < 4.78 is 39.1. The number of halogens is 2. The topological polar surface area (TPSA) is 73.9 Å². The lowest BCUT2D eigenvalue weighted by Crippen LogP contribution is -2.30. The third-order valence-electron chi connectivity index (χ3n) is 6.06. The molecule has 2 aromatic heterocycles. The van der Waals surface area contributed by atoms with Gasteiger partial charge in [-0.2, -0.15) is 5.10 Å². The Morgan fingerprint density at radius 2 is 1.93 bits per heavy atom. The van der Waals surface area contributed by atoms with Crippen molar-refractivity contribution in [2.24, 2.45) is 5.92 Å². The van der Waals surface area contributed by atoms with Crippen LogP contribution in [0.3, 0.4) is 0 Å². The SMILES string of the molecule is COc1nnc(C23CC[C@@H](c4cc(-c5c(F)cccc5F)nnc42)[C@H]3C)o1. The Hall–Kier alpha value is -2.90. The Bertz CT molecular complexity index is 1030. The standard InChI is InChI=1S/C19H16F2N4O2/c1-9-10-6-7-19(9,17-24-25-18(26-2)27-17)16-11(10)8-14(22-23-16)15-12(20)4-3-5-13(15)21/h3-5,8-10H,6-7H2,1-2H3/t9-,10-,19?/m1/s1. The molecule has 5 rings (SSSR count). The molecule has 1 fully saturated rings. The zero-order valence-corrected chi connectivity index (χ0v) is 14.7. The molecule has 2 aliphatic carbocycles. The van der Waals surface area contributed by atoms with Gasteiger partial charge in [0.05, 0.1) is 29.5 Å². The average molecular weight is 370 g/mol. The highest BCUT2D eigenvalue weighted by molar-refractivity contribution is 5.63. The molecule has 27 heavy (non-hydrogen) atoms. The summed E-state index contributed by atoms with van der Waals surface area (Å²) in [6.07, 6.45) is 1.81. The Morgan fingerprint density at radius 3 is 2.63 bits per heavy atom. The third kappa shape index (κ3) is 2.03. The van der Waals surface area contributed by atoms with Crippen molar-refractivity contribution in [2.45, 2.75) is 31.1 Å². The van der Waals surface area contributed by atoms with Gasteiger partial charge in [-0.05, 0) is 48.4 Å². The van der Waals surface area contributed by atoms with E-state index in [-0.39, 0.29) is 29.2 Å². The molecule has 2 aliphatic rings. The zero-order valence-electron chi connectivity index (χ0n) is 14.7. The van der Waals surface area contributed by atoms with Crippen molar-refractivity contribution in [3.8, 4) is 17.3 Å². The molecule has 1 saturated carbocycles. The summed E-state index contributed by atoms with van der Waals surface area (Å²) in [6, 6.07) is 5.51. The molecule has 138 valence electrons. The van der Waals surface area contributed by atoms with E-state index in [0.29, 0.717) is 5.89 Å². The van der Waals surface area contributed by atoms with Crippen LogP contribution in [0.25, 0.3) is 11.3 Å². The van der Waals surface area contributed by atoms with Gasteiger partial charge >= 0.3 is 6.08 Å². The van der Waals surface area contributed by atoms with Gasteiger partial charge < -0.3 is 9.15 Å². The maximum atomic E-state index is 14.2. The Morgan fingerprint density at radius 1 is 1.15 bits per heavy atom. The van der Waals surface area contributed by atoms with E-state index in [1.807, 2.05) is 0 Å². The van der Waals surface area contributed by atoms with Gasteiger partial charge in [0.15, 0.2) is 0 Å². The van der Waals surface area contributed by atoms with Crippen LogP contribution in [0.4, 0.5) is 8.78 Å². The molecule has 8 heteroatoms. The minimum absolute atomic E-state index is 0.0986. The molecule has 1 aromatic carbocycles. The molecule has 3 aromatic rings. The quantitative estimate of drug-likeness (QED) is 0.701. The van der Waals surface area contributed by atoms with E-state index in [2.05, 4.69) is 27.3 Å². The van der Waals surface area contributed by atoms with Crippen LogP contribution in [0.15, 0.2) is 28.7 Å². The number of hydrogen-bond acceptors (Lipinski definition) is 6. The second-order valence-corrected chi connectivity index (χ2v) is 7.11. The molecule has 3 atom stereocenters. The normalized spacial score (nSPS) is 25.6. The van der Waals surface area contributed by atoms with Crippen molar-refractivity contribution in [2.75, 3.05) is 7.11 Å². The number of hydrogen-bond donors (Lipinski definition) is 0. The van der Waals surface area contributed by atoms with Crippen LogP contribution in [0.5, 0.6) is 6.08 Å². The van der Waals surface area contributed by atoms with Gasteiger partial charge in [-0.15, -0.1) is 10.2 Å². The van der Waals surface area contributed by atoms with Gasteiger partial charge in [-0.3, -0.25) is 0 Å². The summed E-state index contributed by atoms with van der Waals surface area (Å²) in [6.45, 7) is 2.11. The van der Waals surface area contributed by atoms with E-state index >= 15 is 0 Å². The molecule has 2 bridgehead atoms. The van der Waals surface area contributed by atoms with E-state index in [1.165, 1.54) is 25.3 Å². The first-order valence-corrected chi connectivity index (χ1v) is 8.76. The van der Waals surface area contributed by atoms with E-state index in [0.717, 1.165) is 24.1 Å². The highest BCUT2D eigenvalue weighted by Crippen LogP contribution is 2.63. The molecule has 6 nitrogen and oxygen atoms in total. The molecule has 0 N–H and O–H groups in total. The first kappa shape index (κ1) is 16.3. The lowest BCUT2D eigenvalue weighted by atomic mass is 9.78. The largest absolute Gasteiger partial charge is 0.452 e. The van der Waals surface area contributed by atoms with Crippen molar-refractivity contribution in [3.05, 3.63) is 53.0 Å². The molecular formula is C19H16F2N4O2. The zero-order chi connectivity index (χ0) is 18.8. The van der Waals surface area contributed by atoms with E-state index in [9.17, 15) is 8.78 Å². The number of rotatable bonds is 3. The molecule has 0 radical (unpaired) electrons. The maximum Gasteiger partial charge on any atom is 0.414 e. The predicted octanol–water partition coefficient (Wildman–Crippen LogP) is 3.63. The van der Waals surface area contributed by atoms with Crippen molar-refractivity contribution in [1.29, 1.82) is 0 Å². The summed E-state index contributed by atoms with van der Waals surface area (Å²) in [5.74, 6) is -0.504. The average Bonchev–Trinajstić information content (AvgIpc) is 3.33. The number of aromatic nitrogens is 4. The predicted molar refractivity (Wildman–Crippen MR) is 90.2 cm³/mol. The van der Waals surface area contributed by atoms with Crippen LogP contribution in [0.2, 0.25) is 0 Å². The van der Waals surface area contributed by atoms with E-state index in [1.54, 1.807) is 6.07 Å². The first-order valence-electron chi connectivity index (χ1n) is 8.76. The van der Waals surface area contributed by atoms with Crippen molar-refractivity contribution < 1.29 is 17.9 Å². The monoisotopic (exact) mass is 370 g/mol. The fourth-order valence-electron chi connectivity index (χ4n) is 4.74. The Kier molecular flexibility index (Phi) is 3.35. The molecule has 1 unspecified atom stereocenters. The fourth-order valence-corrected chi connectivity index (χ4v) is 4.74. The minimum atomic E-state index is -0.656. The number of methoxy groups -OCH3 is 1. The van der Waals surface area contributed by atoms with Crippen LogP contribution < -0.4 is 4.74 Å².